The standard InChI is InChI=1S/C11H16N4O2S/c1-8(6-12)7-15(2)9-4-3-5-10(11(9)13)18(14,16)17/h3-5,8H,7,13H2,1-2H3,(H2,14,16,17). The smallest absolute Gasteiger partial charge is 0.240 e. The van der Waals surface area contributed by atoms with Gasteiger partial charge in [0, 0.05) is 13.6 Å². The van der Waals surface area contributed by atoms with Gasteiger partial charge in [0.25, 0.3) is 0 Å². The third kappa shape index (κ3) is 3.12. The molecule has 98 valence electrons. The van der Waals surface area contributed by atoms with Crippen LogP contribution < -0.4 is 15.8 Å². The van der Waals surface area contributed by atoms with Crippen molar-refractivity contribution in [1.29, 1.82) is 5.26 Å². The monoisotopic (exact) mass is 268 g/mol. The van der Waals surface area contributed by atoms with Crippen LogP contribution >= 0.6 is 0 Å². The number of nitrogens with zero attached hydrogens (tertiary/aromatic N) is 2. The van der Waals surface area contributed by atoms with E-state index in [1.54, 1.807) is 31.0 Å². The van der Waals surface area contributed by atoms with Crippen LogP contribution in [0, 0.1) is 17.2 Å². The van der Waals surface area contributed by atoms with Crippen molar-refractivity contribution < 1.29 is 8.42 Å². The Morgan fingerprint density at radius 3 is 2.61 bits per heavy atom. The molecule has 1 unspecified atom stereocenters. The van der Waals surface area contributed by atoms with Gasteiger partial charge in [0.05, 0.1) is 23.4 Å². The van der Waals surface area contributed by atoms with Crippen LogP contribution in [0.5, 0.6) is 0 Å². The molecule has 1 rings (SSSR count). The summed E-state index contributed by atoms with van der Waals surface area (Å²) in [5.41, 5.74) is 6.45. The minimum atomic E-state index is -3.84. The Morgan fingerprint density at radius 2 is 2.11 bits per heavy atom. The van der Waals surface area contributed by atoms with Crippen LogP contribution in [0.25, 0.3) is 0 Å². The van der Waals surface area contributed by atoms with Gasteiger partial charge in [-0.1, -0.05) is 6.07 Å². The molecule has 0 amide bonds. The van der Waals surface area contributed by atoms with E-state index in [0.29, 0.717) is 12.2 Å². The summed E-state index contributed by atoms with van der Waals surface area (Å²) in [5.74, 6) is -0.187. The minimum absolute atomic E-state index is 0.100. The number of nitrogen functional groups attached to an aromatic ring is 1. The van der Waals surface area contributed by atoms with Crippen molar-refractivity contribution in [3.63, 3.8) is 0 Å². The van der Waals surface area contributed by atoms with Gasteiger partial charge in [-0.2, -0.15) is 5.26 Å². The van der Waals surface area contributed by atoms with Gasteiger partial charge < -0.3 is 10.6 Å². The molecule has 0 fully saturated rings. The van der Waals surface area contributed by atoms with Gasteiger partial charge in [-0.3, -0.25) is 0 Å². The number of benzene rings is 1. The molecule has 4 N–H and O–H groups in total. The zero-order valence-corrected chi connectivity index (χ0v) is 11.1. The van der Waals surface area contributed by atoms with Crippen LogP contribution in [0.1, 0.15) is 6.92 Å². The Balaban J connectivity index is 3.16. The van der Waals surface area contributed by atoms with Gasteiger partial charge in [0.15, 0.2) is 0 Å². The summed E-state index contributed by atoms with van der Waals surface area (Å²) in [4.78, 5) is 1.63. The van der Waals surface area contributed by atoms with Crippen molar-refractivity contribution in [3.05, 3.63) is 18.2 Å². The first-order valence-electron chi connectivity index (χ1n) is 5.29. The number of primary sulfonamides is 1. The third-order valence-electron chi connectivity index (χ3n) is 2.53. The van der Waals surface area contributed by atoms with E-state index in [4.69, 9.17) is 16.1 Å². The van der Waals surface area contributed by atoms with Crippen LogP contribution in [-0.4, -0.2) is 22.0 Å². The van der Waals surface area contributed by atoms with Crippen LogP contribution in [-0.2, 0) is 10.0 Å². The van der Waals surface area contributed by atoms with E-state index in [9.17, 15) is 8.42 Å². The van der Waals surface area contributed by atoms with Gasteiger partial charge in [-0.25, -0.2) is 13.6 Å². The predicted octanol–water partition coefficient (Wildman–Crippen LogP) is 0.512. The Hall–Kier alpha value is -1.78. The number of rotatable bonds is 4. The SMILES string of the molecule is CC(C#N)CN(C)c1cccc(S(N)(=O)=O)c1N. The van der Waals surface area contributed by atoms with Crippen molar-refractivity contribution in [2.45, 2.75) is 11.8 Å². The summed E-state index contributed by atoms with van der Waals surface area (Å²) < 4.78 is 22.7. The molecule has 6 nitrogen and oxygen atoms in total. The summed E-state index contributed by atoms with van der Waals surface area (Å²) in [6.45, 7) is 2.23. The second-order valence-electron chi connectivity index (χ2n) is 4.14. The average Bonchev–Trinajstić information content (AvgIpc) is 2.27. The topological polar surface area (TPSA) is 113 Å². The van der Waals surface area contributed by atoms with E-state index >= 15 is 0 Å². The molecule has 0 radical (unpaired) electrons. The molecule has 0 aliphatic carbocycles. The lowest BCUT2D eigenvalue weighted by molar-refractivity contribution is 0.598. The normalized spacial score (nSPS) is 12.8. The second-order valence-corrected chi connectivity index (χ2v) is 5.67. The number of anilines is 2. The van der Waals surface area contributed by atoms with Gasteiger partial charge in [-0.05, 0) is 19.1 Å². The molecule has 0 spiro atoms. The minimum Gasteiger partial charge on any atom is -0.396 e. The summed E-state index contributed by atoms with van der Waals surface area (Å²) in [6.07, 6.45) is 0. The second kappa shape index (κ2) is 5.25. The quantitative estimate of drug-likeness (QED) is 0.772. The number of nitrogens with two attached hydrogens (primary N) is 2. The van der Waals surface area contributed by atoms with E-state index in [1.807, 2.05) is 0 Å². The molecular formula is C11H16N4O2S. The molecule has 0 aliphatic heterocycles. The number of sulfonamides is 1. The fourth-order valence-corrected chi connectivity index (χ4v) is 2.34. The van der Waals surface area contributed by atoms with Gasteiger partial charge >= 0.3 is 0 Å². The van der Waals surface area contributed by atoms with Crippen LogP contribution in [0.15, 0.2) is 23.1 Å². The number of nitriles is 1. The average molecular weight is 268 g/mol. The third-order valence-corrected chi connectivity index (χ3v) is 3.50. The Labute approximate surface area is 107 Å². The Morgan fingerprint density at radius 1 is 1.50 bits per heavy atom. The maximum absolute atomic E-state index is 11.3. The van der Waals surface area contributed by atoms with E-state index in [-0.39, 0.29) is 16.5 Å². The number of para-hydroxylation sites is 1. The maximum atomic E-state index is 11.3. The lowest BCUT2D eigenvalue weighted by atomic mass is 10.2. The maximum Gasteiger partial charge on any atom is 0.240 e. The lowest BCUT2D eigenvalue weighted by Crippen LogP contribution is -2.25. The van der Waals surface area contributed by atoms with E-state index in [1.165, 1.54) is 6.07 Å². The molecule has 1 aromatic carbocycles. The van der Waals surface area contributed by atoms with Crippen molar-refractivity contribution in [1.82, 2.24) is 0 Å². The zero-order chi connectivity index (χ0) is 13.9. The lowest BCUT2D eigenvalue weighted by Gasteiger charge is -2.23. The first-order chi connectivity index (χ1) is 8.27. The molecule has 7 heteroatoms. The summed E-state index contributed by atoms with van der Waals surface area (Å²) in [5, 5.41) is 13.8. The Kier molecular flexibility index (Phi) is 4.16. The largest absolute Gasteiger partial charge is 0.396 e. The van der Waals surface area contributed by atoms with Crippen molar-refractivity contribution >= 4 is 21.4 Å². The highest BCUT2D eigenvalue weighted by Crippen LogP contribution is 2.28. The fraction of sp³-hybridized carbons (Fsp3) is 0.364. The summed E-state index contributed by atoms with van der Waals surface area (Å²) in [7, 11) is -2.10. The number of hydrogen-bond acceptors (Lipinski definition) is 5. The highest BCUT2D eigenvalue weighted by Gasteiger charge is 2.17. The first kappa shape index (κ1) is 14.3. The molecule has 1 aromatic rings. The zero-order valence-electron chi connectivity index (χ0n) is 10.3. The summed E-state index contributed by atoms with van der Waals surface area (Å²) in [6, 6.07) is 6.72. The highest BCUT2D eigenvalue weighted by molar-refractivity contribution is 7.89. The van der Waals surface area contributed by atoms with E-state index in [2.05, 4.69) is 6.07 Å². The Bertz CT molecular complexity index is 577. The molecular weight excluding hydrogens is 252 g/mol. The molecule has 0 heterocycles. The summed E-state index contributed by atoms with van der Waals surface area (Å²) >= 11 is 0. The van der Waals surface area contributed by atoms with Crippen molar-refractivity contribution in [2.75, 3.05) is 24.2 Å². The van der Waals surface area contributed by atoms with E-state index < -0.39 is 10.0 Å². The highest BCUT2D eigenvalue weighted by atomic mass is 32.2. The molecule has 0 aliphatic rings. The molecule has 18 heavy (non-hydrogen) atoms. The predicted molar refractivity (Wildman–Crippen MR) is 70.3 cm³/mol. The molecule has 0 aromatic heterocycles. The van der Waals surface area contributed by atoms with Gasteiger partial charge in [0.1, 0.15) is 4.90 Å². The van der Waals surface area contributed by atoms with Crippen LogP contribution in [0.3, 0.4) is 0 Å². The fourth-order valence-electron chi connectivity index (χ4n) is 1.66. The van der Waals surface area contributed by atoms with Crippen LogP contribution in [0.4, 0.5) is 11.4 Å². The first-order valence-corrected chi connectivity index (χ1v) is 6.84. The van der Waals surface area contributed by atoms with E-state index in [0.717, 1.165) is 0 Å². The molecule has 0 saturated heterocycles. The number of hydrogen-bond donors (Lipinski definition) is 2. The van der Waals surface area contributed by atoms with Crippen molar-refractivity contribution in [2.24, 2.45) is 11.1 Å². The molecule has 1 atom stereocenters. The van der Waals surface area contributed by atoms with Gasteiger partial charge in [-0.15, -0.1) is 0 Å². The molecule has 0 bridgehead atoms. The molecule has 0 saturated carbocycles. The van der Waals surface area contributed by atoms with Gasteiger partial charge in [0.2, 0.25) is 10.0 Å². The van der Waals surface area contributed by atoms with Crippen molar-refractivity contribution in [3.8, 4) is 6.07 Å². The van der Waals surface area contributed by atoms with Crippen LogP contribution in [0.2, 0.25) is 0 Å².